The summed E-state index contributed by atoms with van der Waals surface area (Å²) in [6.45, 7) is 3.60. The number of benzene rings is 3. The molecule has 1 aliphatic carbocycles. The van der Waals surface area contributed by atoms with Gasteiger partial charge in [-0.2, -0.15) is 0 Å². The normalized spacial score (nSPS) is 12.0. The first-order chi connectivity index (χ1) is 11.9. The van der Waals surface area contributed by atoms with Crippen LogP contribution in [0.15, 0.2) is 71.6 Å². The molecule has 4 rings (SSSR count). The Hall–Kier alpha value is -2.43. The van der Waals surface area contributed by atoms with Gasteiger partial charge in [-0.25, -0.2) is 13.6 Å². The summed E-state index contributed by atoms with van der Waals surface area (Å²) in [6, 6.07) is 22.4. The minimum absolute atomic E-state index is 0.211. The molecule has 0 bridgehead atoms. The third kappa shape index (κ3) is 3.65. The second kappa shape index (κ2) is 6.82. The SMILES string of the molecule is Cc1cccc(S(N)(=O)=O)c1C.c1ccc2c(c1)Cc1ccccc1-2. The van der Waals surface area contributed by atoms with E-state index in [2.05, 4.69) is 48.5 Å². The summed E-state index contributed by atoms with van der Waals surface area (Å²) < 4.78 is 22.0. The van der Waals surface area contributed by atoms with Crippen molar-refractivity contribution in [1.29, 1.82) is 0 Å². The fourth-order valence-corrected chi connectivity index (χ4v) is 3.97. The van der Waals surface area contributed by atoms with Crippen molar-refractivity contribution in [2.24, 2.45) is 5.14 Å². The van der Waals surface area contributed by atoms with Crippen LogP contribution in [0.2, 0.25) is 0 Å². The van der Waals surface area contributed by atoms with E-state index >= 15 is 0 Å². The van der Waals surface area contributed by atoms with Gasteiger partial charge >= 0.3 is 0 Å². The lowest BCUT2D eigenvalue weighted by Gasteiger charge is -2.04. The molecule has 128 valence electrons. The molecular weight excluding hydrogens is 330 g/mol. The predicted octanol–water partition coefficient (Wildman–Crippen LogP) is 4.21. The fourth-order valence-electron chi connectivity index (χ4n) is 3.11. The van der Waals surface area contributed by atoms with Crippen LogP contribution in [0.1, 0.15) is 22.3 Å². The number of hydrogen-bond acceptors (Lipinski definition) is 2. The molecule has 0 aliphatic heterocycles. The summed E-state index contributed by atoms with van der Waals surface area (Å²) in [7, 11) is -3.56. The molecule has 2 N–H and O–H groups in total. The molecule has 3 nitrogen and oxygen atoms in total. The number of aryl methyl sites for hydroxylation is 1. The van der Waals surface area contributed by atoms with E-state index in [1.165, 1.54) is 28.3 Å². The van der Waals surface area contributed by atoms with Crippen LogP contribution < -0.4 is 5.14 Å². The molecule has 0 saturated carbocycles. The van der Waals surface area contributed by atoms with Crippen LogP contribution in [0, 0.1) is 13.8 Å². The fraction of sp³-hybridized carbons (Fsp3) is 0.143. The van der Waals surface area contributed by atoms with Crippen LogP contribution in [-0.4, -0.2) is 8.42 Å². The van der Waals surface area contributed by atoms with E-state index in [4.69, 9.17) is 5.14 Å². The van der Waals surface area contributed by atoms with Gasteiger partial charge in [-0.3, -0.25) is 0 Å². The topological polar surface area (TPSA) is 60.2 Å². The van der Waals surface area contributed by atoms with Crippen LogP contribution >= 0.6 is 0 Å². The molecule has 1 aliphatic rings. The van der Waals surface area contributed by atoms with Gasteiger partial charge in [-0.05, 0) is 59.7 Å². The van der Waals surface area contributed by atoms with Gasteiger partial charge in [0.05, 0.1) is 4.90 Å². The van der Waals surface area contributed by atoms with Crippen molar-refractivity contribution in [3.63, 3.8) is 0 Å². The predicted molar refractivity (Wildman–Crippen MR) is 102 cm³/mol. The van der Waals surface area contributed by atoms with Gasteiger partial charge in [0.15, 0.2) is 0 Å². The summed E-state index contributed by atoms with van der Waals surface area (Å²) in [5.74, 6) is 0. The van der Waals surface area contributed by atoms with Crippen molar-refractivity contribution < 1.29 is 8.42 Å². The summed E-state index contributed by atoms with van der Waals surface area (Å²) in [5, 5.41) is 5.00. The first kappa shape index (κ1) is 17.4. The van der Waals surface area contributed by atoms with Gasteiger partial charge in [-0.15, -0.1) is 0 Å². The Morgan fingerprint density at radius 2 is 1.28 bits per heavy atom. The number of rotatable bonds is 1. The third-order valence-corrected chi connectivity index (χ3v) is 5.62. The Labute approximate surface area is 149 Å². The van der Waals surface area contributed by atoms with Crippen molar-refractivity contribution >= 4 is 10.0 Å². The van der Waals surface area contributed by atoms with Gasteiger partial charge in [-0.1, -0.05) is 60.7 Å². The standard InChI is InChI=1S/C13H10.C8H11NO2S/c1-3-7-12-10(5-1)9-11-6-2-4-8-13(11)12;1-6-4-3-5-8(7(6)2)12(9,10)11/h1-8H,9H2;3-5H,1-2H3,(H2,9,10,11). The first-order valence-electron chi connectivity index (χ1n) is 8.13. The van der Waals surface area contributed by atoms with Gasteiger partial charge in [0.25, 0.3) is 0 Å². The van der Waals surface area contributed by atoms with Crippen molar-refractivity contribution in [2.45, 2.75) is 25.2 Å². The molecule has 0 radical (unpaired) electrons. The second-order valence-corrected chi connectivity index (χ2v) is 7.76. The van der Waals surface area contributed by atoms with Crippen LogP contribution in [0.3, 0.4) is 0 Å². The smallest absolute Gasteiger partial charge is 0.225 e. The molecule has 0 fully saturated rings. The van der Waals surface area contributed by atoms with E-state index in [0.29, 0.717) is 0 Å². The number of primary sulfonamides is 1. The maximum Gasteiger partial charge on any atom is 0.238 e. The molecule has 4 heteroatoms. The molecule has 0 unspecified atom stereocenters. The Morgan fingerprint density at radius 3 is 1.76 bits per heavy atom. The van der Waals surface area contributed by atoms with E-state index in [-0.39, 0.29) is 4.90 Å². The van der Waals surface area contributed by atoms with Gasteiger partial charge in [0.2, 0.25) is 10.0 Å². The molecule has 3 aromatic carbocycles. The lowest BCUT2D eigenvalue weighted by molar-refractivity contribution is 0.597. The lowest BCUT2D eigenvalue weighted by Crippen LogP contribution is -2.13. The largest absolute Gasteiger partial charge is 0.238 e. The average molecular weight is 351 g/mol. The molecule has 0 saturated heterocycles. The van der Waals surface area contributed by atoms with Gasteiger partial charge < -0.3 is 0 Å². The lowest BCUT2D eigenvalue weighted by atomic mass is 10.1. The van der Waals surface area contributed by atoms with Crippen LogP contribution in [0.4, 0.5) is 0 Å². The Morgan fingerprint density at radius 1 is 0.760 bits per heavy atom. The zero-order chi connectivity index (χ0) is 18.0. The van der Waals surface area contributed by atoms with Crippen molar-refractivity contribution in [3.8, 4) is 11.1 Å². The van der Waals surface area contributed by atoms with Crippen molar-refractivity contribution in [2.75, 3.05) is 0 Å². The van der Waals surface area contributed by atoms with Crippen molar-refractivity contribution in [1.82, 2.24) is 0 Å². The Bertz CT molecular complexity index is 980. The monoisotopic (exact) mass is 351 g/mol. The van der Waals surface area contributed by atoms with Crippen molar-refractivity contribution in [3.05, 3.63) is 89.0 Å². The number of hydrogen-bond donors (Lipinski definition) is 1. The van der Waals surface area contributed by atoms with Crippen LogP contribution in [-0.2, 0) is 16.4 Å². The summed E-state index contributed by atoms with van der Waals surface area (Å²) >= 11 is 0. The molecule has 0 heterocycles. The van der Waals surface area contributed by atoms with Gasteiger partial charge in [0, 0.05) is 0 Å². The highest BCUT2D eigenvalue weighted by Crippen LogP contribution is 2.35. The highest BCUT2D eigenvalue weighted by atomic mass is 32.2. The van der Waals surface area contributed by atoms with E-state index in [9.17, 15) is 8.42 Å². The molecule has 0 atom stereocenters. The molecular formula is C21H21NO2S. The molecule has 3 aromatic rings. The van der Waals surface area contributed by atoms with E-state index in [1.54, 1.807) is 13.0 Å². The van der Waals surface area contributed by atoms with Crippen LogP contribution in [0.25, 0.3) is 11.1 Å². The molecule has 25 heavy (non-hydrogen) atoms. The van der Waals surface area contributed by atoms with Gasteiger partial charge in [0.1, 0.15) is 0 Å². The summed E-state index contributed by atoms with van der Waals surface area (Å²) in [5.41, 5.74) is 7.41. The van der Waals surface area contributed by atoms with E-state index in [0.717, 1.165) is 17.5 Å². The zero-order valence-corrected chi connectivity index (χ0v) is 15.2. The molecule has 0 amide bonds. The Balaban J connectivity index is 0.000000147. The summed E-state index contributed by atoms with van der Waals surface area (Å²) in [4.78, 5) is 0.211. The summed E-state index contributed by atoms with van der Waals surface area (Å²) in [6.07, 6.45) is 1.10. The quantitative estimate of drug-likeness (QED) is 0.558. The minimum Gasteiger partial charge on any atom is -0.225 e. The number of sulfonamides is 1. The first-order valence-corrected chi connectivity index (χ1v) is 9.68. The number of nitrogens with two attached hydrogens (primary N) is 1. The molecule has 0 spiro atoms. The van der Waals surface area contributed by atoms with Crippen LogP contribution in [0.5, 0.6) is 0 Å². The second-order valence-electron chi connectivity index (χ2n) is 6.23. The maximum atomic E-state index is 11.0. The number of fused-ring (bicyclic) bond motifs is 3. The van der Waals surface area contributed by atoms with E-state index < -0.39 is 10.0 Å². The Kier molecular flexibility index (Phi) is 4.75. The third-order valence-electron chi connectivity index (χ3n) is 4.57. The maximum absolute atomic E-state index is 11.0. The van der Waals surface area contributed by atoms with E-state index in [1.807, 2.05) is 13.0 Å². The zero-order valence-electron chi connectivity index (χ0n) is 14.4. The molecule has 0 aromatic heterocycles. The highest BCUT2D eigenvalue weighted by Gasteiger charge is 2.15. The minimum atomic E-state index is -3.56. The average Bonchev–Trinajstić information content (AvgIpc) is 2.95. The highest BCUT2D eigenvalue weighted by molar-refractivity contribution is 7.89.